The highest BCUT2D eigenvalue weighted by atomic mass is 35.5. The standard InChI is InChI=1S/C31H38Cl2N2O5S/c1-3-15-31(18-28(36)37)17-26(22-5-4-6-24(33)16-22)29(21-9-11-23(32)12-10-21)35(30(31)38)27(20-7-8-20)19-34(2)41(39,40)25-13-14-25/h4-6,9-12,16,20,25-27,29H,3,7-8,13-15,17-19H2,1-2H3,(H,36,37)/t26-,27?,29?,31?/m1/s1. The molecule has 1 saturated heterocycles. The number of piperidine rings is 1. The molecule has 0 bridgehead atoms. The number of likely N-dealkylation sites (tertiary alicyclic amines) is 1. The lowest BCUT2D eigenvalue weighted by atomic mass is 9.64. The summed E-state index contributed by atoms with van der Waals surface area (Å²) in [6.45, 7) is 2.14. The average Bonchev–Trinajstić information content (AvgIpc) is 3.82. The zero-order valence-electron chi connectivity index (χ0n) is 23.5. The topological polar surface area (TPSA) is 95.0 Å². The number of likely N-dealkylation sites (N-methyl/N-ethyl adjacent to an activating group) is 1. The summed E-state index contributed by atoms with van der Waals surface area (Å²) in [4.78, 5) is 29.0. The van der Waals surface area contributed by atoms with Gasteiger partial charge in [0, 0.05) is 35.6 Å². The van der Waals surface area contributed by atoms with Gasteiger partial charge in [-0.05, 0) is 79.8 Å². The van der Waals surface area contributed by atoms with Crippen molar-refractivity contribution in [2.24, 2.45) is 11.3 Å². The largest absolute Gasteiger partial charge is 0.481 e. The molecule has 3 unspecified atom stereocenters. The molecule has 3 aliphatic rings. The van der Waals surface area contributed by atoms with Crippen molar-refractivity contribution in [2.45, 2.75) is 81.5 Å². The molecular weight excluding hydrogens is 583 g/mol. The summed E-state index contributed by atoms with van der Waals surface area (Å²) in [5.74, 6) is -1.34. The first-order valence-corrected chi connectivity index (χ1v) is 16.7. The van der Waals surface area contributed by atoms with E-state index in [1.807, 2.05) is 42.2 Å². The molecule has 2 saturated carbocycles. The number of carboxylic acid groups (broad SMARTS) is 1. The summed E-state index contributed by atoms with van der Waals surface area (Å²) >= 11 is 12.7. The molecule has 5 rings (SSSR count). The van der Waals surface area contributed by atoms with E-state index in [0.717, 1.165) is 24.0 Å². The Hall–Kier alpha value is -2.13. The Morgan fingerprint density at radius 3 is 2.32 bits per heavy atom. The summed E-state index contributed by atoms with van der Waals surface area (Å²) in [5, 5.41) is 10.8. The molecule has 1 aliphatic heterocycles. The molecule has 1 amide bonds. The van der Waals surface area contributed by atoms with Crippen LogP contribution >= 0.6 is 23.2 Å². The number of hydrogen-bond acceptors (Lipinski definition) is 4. The van der Waals surface area contributed by atoms with E-state index in [-0.39, 0.29) is 36.0 Å². The van der Waals surface area contributed by atoms with Crippen molar-refractivity contribution >= 4 is 45.1 Å². The van der Waals surface area contributed by atoms with Crippen LogP contribution in [0.3, 0.4) is 0 Å². The number of carbonyl (C=O) groups is 2. The number of rotatable bonds is 12. The fraction of sp³-hybridized carbons (Fsp3) is 0.548. The highest BCUT2D eigenvalue weighted by molar-refractivity contribution is 7.90. The number of benzene rings is 2. The van der Waals surface area contributed by atoms with Crippen LogP contribution in [0, 0.1) is 11.3 Å². The Morgan fingerprint density at radius 1 is 1.07 bits per heavy atom. The van der Waals surface area contributed by atoms with Crippen LogP contribution in [-0.2, 0) is 19.6 Å². The predicted molar refractivity (Wildman–Crippen MR) is 161 cm³/mol. The SMILES string of the molecule is CCCC1(CC(=O)O)C[C@H](c2cccc(Cl)c2)C(c2ccc(Cl)cc2)N(C(CN(C)S(=O)(=O)C2CC2)C2CC2)C1=O. The molecule has 4 atom stereocenters. The maximum absolute atomic E-state index is 14.9. The van der Waals surface area contributed by atoms with Gasteiger partial charge in [0.25, 0.3) is 0 Å². The number of sulfonamides is 1. The molecule has 10 heteroatoms. The van der Waals surface area contributed by atoms with Gasteiger partial charge in [0.05, 0.1) is 23.1 Å². The van der Waals surface area contributed by atoms with E-state index in [1.54, 1.807) is 25.2 Å². The van der Waals surface area contributed by atoms with E-state index >= 15 is 0 Å². The van der Waals surface area contributed by atoms with Crippen molar-refractivity contribution < 1.29 is 23.1 Å². The Labute approximate surface area is 252 Å². The van der Waals surface area contributed by atoms with Gasteiger partial charge in [-0.1, -0.05) is 60.8 Å². The summed E-state index contributed by atoms with van der Waals surface area (Å²) in [6, 6.07) is 14.2. The Balaban J connectivity index is 1.68. The lowest BCUT2D eigenvalue weighted by Crippen LogP contribution is -2.60. The van der Waals surface area contributed by atoms with E-state index in [0.29, 0.717) is 42.1 Å². The third-order valence-electron chi connectivity index (χ3n) is 9.03. The zero-order valence-corrected chi connectivity index (χ0v) is 25.8. The smallest absolute Gasteiger partial charge is 0.304 e. The number of carbonyl (C=O) groups excluding carboxylic acids is 1. The first-order chi connectivity index (χ1) is 19.5. The molecule has 222 valence electrons. The molecule has 2 aromatic rings. The fourth-order valence-electron chi connectivity index (χ4n) is 6.81. The minimum Gasteiger partial charge on any atom is -0.481 e. The van der Waals surface area contributed by atoms with Crippen molar-refractivity contribution in [2.75, 3.05) is 13.6 Å². The lowest BCUT2D eigenvalue weighted by molar-refractivity contribution is -0.163. The van der Waals surface area contributed by atoms with Gasteiger partial charge in [-0.3, -0.25) is 9.59 Å². The second kappa shape index (κ2) is 11.9. The molecule has 0 radical (unpaired) electrons. The molecule has 0 aromatic heterocycles. The first-order valence-electron chi connectivity index (χ1n) is 14.5. The minimum atomic E-state index is -3.47. The summed E-state index contributed by atoms with van der Waals surface area (Å²) < 4.78 is 27.9. The van der Waals surface area contributed by atoms with Gasteiger partial charge < -0.3 is 10.0 Å². The van der Waals surface area contributed by atoms with Gasteiger partial charge in [-0.25, -0.2) is 12.7 Å². The van der Waals surface area contributed by atoms with E-state index < -0.39 is 33.5 Å². The normalized spacial score (nSPS) is 25.9. The molecule has 1 heterocycles. The first kappa shape index (κ1) is 30.3. The van der Waals surface area contributed by atoms with Crippen LogP contribution in [0.25, 0.3) is 0 Å². The van der Waals surface area contributed by atoms with Gasteiger partial charge in [0.2, 0.25) is 15.9 Å². The number of halogens is 2. The Kier molecular flexibility index (Phi) is 8.78. The third-order valence-corrected chi connectivity index (χ3v) is 11.9. The highest BCUT2D eigenvalue weighted by Gasteiger charge is 2.56. The second-order valence-corrected chi connectivity index (χ2v) is 15.3. The maximum Gasteiger partial charge on any atom is 0.304 e. The molecule has 0 spiro atoms. The van der Waals surface area contributed by atoms with Crippen molar-refractivity contribution in [3.05, 3.63) is 69.7 Å². The van der Waals surface area contributed by atoms with Crippen LogP contribution < -0.4 is 0 Å². The van der Waals surface area contributed by atoms with Gasteiger partial charge in [0.1, 0.15) is 0 Å². The van der Waals surface area contributed by atoms with Crippen molar-refractivity contribution in [1.82, 2.24) is 9.21 Å². The van der Waals surface area contributed by atoms with Gasteiger partial charge in [-0.15, -0.1) is 0 Å². The maximum atomic E-state index is 14.9. The fourth-order valence-corrected chi connectivity index (χ4v) is 8.73. The molecule has 41 heavy (non-hydrogen) atoms. The van der Waals surface area contributed by atoms with Crippen LogP contribution in [-0.4, -0.2) is 59.5 Å². The Bertz CT molecular complexity index is 1390. The van der Waals surface area contributed by atoms with Crippen molar-refractivity contribution in [3.8, 4) is 0 Å². The lowest BCUT2D eigenvalue weighted by Gasteiger charge is -2.53. The monoisotopic (exact) mass is 620 g/mol. The molecular formula is C31H38Cl2N2O5S. The molecule has 2 aliphatic carbocycles. The third kappa shape index (κ3) is 6.31. The van der Waals surface area contributed by atoms with E-state index in [9.17, 15) is 23.1 Å². The second-order valence-electron chi connectivity index (χ2n) is 12.1. The van der Waals surface area contributed by atoms with Gasteiger partial charge >= 0.3 is 5.97 Å². The molecule has 7 nitrogen and oxygen atoms in total. The average molecular weight is 622 g/mol. The summed E-state index contributed by atoms with van der Waals surface area (Å²) in [7, 11) is -1.86. The molecule has 1 N–H and O–H groups in total. The van der Waals surface area contributed by atoms with Crippen LogP contribution in [0.4, 0.5) is 0 Å². The number of nitrogens with zero attached hydrogens (tertiary/aromatic N) is 2. The van der Waals surface area contributed by atoms with Crippen molar-refractivity contribution in [3.63, 3.8) is 0 Å². The van der Waals surface area contributed by atoms with E-state index in [1.165, 1.54) is 4.31 Å². The Morgan fingerprint density at radius 2 is 1.76 bits per heavy atom. The minimum absolute atomic E-state index is 0.132. The molecule has 3 fully saturated rings. The van der Waals surface area contributed by atoms with Gasteiger partial charge in [0.15, 0.2) is 0 Å². The van der Waals surface area contributed by atoms with E-state index in [4.69, 9.17) is 23.2 Å². The van der Waals surface area contributed by atoms with Crippen LogP contribution in [0.2, 0.25) is 10.0 Å². The highest BCUT2D eigenvalue weighted by Crippen LogP contribution is 2.55. The van der Waals surface area contributed by atoms with E-state index in [2.05, 4.69) is 0 Å². The zero-order chi connectivity index (χ0) is 29.5. The molecule has 2 aromatic carbocycles. The summed E-state index contributed by atoms with van der Waals surface area (Å²) in [5.41, 5.74) is 0.679. The number of hydrogen-bond donors (Lipinski definition) is 1. The van der Waals surface area contributed by atoms with Crippen LogP contribution in [0.1, 0.15) is 81.4 Å². The predicted octanol–water partition coefficient (Wildman–Crippen LogP) is 6.51. The van der Waals surface area contributed by atoms with Gasteiger partial charge in [-0.2, -0.15) is 0 Å². The van der Waals surface area contributed by atoms with Crippen LogP contribution in [0.5, 0.6) is 0 Å². The summed E-state index contributed by atoms with van der Waals surface area (Å²) in [6.07, 6.45) is 4.23. The number of carboxylic acids is 1. The van der Waals surface area contributed by atoms with Crippen molar-refractivity contribution in [1.29, 1.82) is 0 Å². The quantitative estimate of drug-likeness (QED) is 0.292. The number of aliphatic carboxylic acids is 1. The van der Waals surface area contributed by atoms with Crippen LogP contribution in [0.15, 0.2) is 48.5 Å². The number of amides is 1.